The molecule has 0 saturated heterocycles. The molecule has 0 saturated carbocycles. The average molecular weight is 331 g/mol. The van der Waals surface area contributed by atoms with E-state index in [9.17, 15) is 5.11 Å². The lowest BCUT2D eigenvalue weighted by molar-refractivity contribution is 0.240. The van der Waals surface area contributed by atoms with Crippen molar-refractivity contribution < 1.29 is 5.11 Å². The van der Waals surface area contributed by atoms with Crippen molar-refractivity contribution in [1.29, 1.82) is 0 Å². The van der Waals surface area contributed by atoms with Gasteiger partial charge in [0.1, 0.15) is 5.75 Å². The minimum atomic E-state index is 0.368. The van der Waals surface area contributed by atoms with Crippen molar-refractivity contribution in [2.45, 2.75) is 26.4 Å². The number of hydrogen-bond donors (Lipinski definition) is 1. The summed E-state index contributed by atoms with van der Waals surface area (Å²) in [5.74, 6) is 1.16. The zero-order chi connectivity index (χ0) is 17.2. The van der Waals surface area contributed by atoms with E-state index >= 15 is 0 Å². The van der Waals surface area contributed by atoms with E-state index in [1.54, 1.807) is 6.07 Å². The van der Waals surface area contributed by atoms with Crippen molar-refractivity contribution in [2.75, 3.05) is 6.54 Å². The summed E-state index contributed by atoms with van der Waals surface area (Å²) in [4.78, 5) is 11.7. The van der Waals surface area contributed by atoms with Crippen LogP contribution in [0.1, 0.15) is 22.4 Å². The van der Waals surface area contributed by atoms with Crippen molar-refractivity contribution in [2.24, 2.45) is 0 Å². The number of hydrogen-bond acceptors (Lipinski definition) is 4. The number of aromatic hydroxyl groups is 1. The van der Waals surface area contributed by atoms with E-state index in [1.165, 1.54) is 11.1 Å². The second-order valence-electron chi connectivity index (χ2n) is 6.62. The van der Waals surface area contributed by atoms with Crippen LogP contribution in [-0.4, -0.2) is 26.5 Å². The number of nitrogens with zero attached hydrogens (tertiary/aromatic N) is 3. The van der Waals surface area contributed by atoms with Crippen LogP contribution in [0.3, 0.4) is 0 Å². The predicted molar refractivity (Wildman–Crippen MR) is 98.1 cm³/mol. The van der Waals surface area contributed by atoms with Crippen LogP contribution in [0.4, 0.5) is 0 Å². The van der Waals surface area contributed by atoms with Gasteiger partial charge in [-0.15, -0.1) is 0 Å². The molecule has 4 nitrogen and oxygen atoms in total. The van der Waals surface area contributed by atoms with Gasteiger partial charge in [-0.2, -0.15) is 0 Å². The molecule has 1 aliphatic heterocycles. The van der Waals surface area contributed by atoms with Crippen LogP contribution in [0.5, 0.6) is 5.75 Å². The molecule has 1 aliphatic rings. The number of phenols is 1. The van der Waals surface area contributed by atoms with E-state index in [1.807, 2.05) is 49.5 Å². The summed E-state index contributed by atoms with van der Waals surface area (Å²) in [7, 11) is 0. The van der Waals surface area contributed by atoms with Gasteiger partial charge in [-0.25, -0.2) is 9.97 Å². The quantitative estimate of drug-likeness (QED) is 0.795. The molecule has 4 rings (SSSR count). The minimum Gasteiger partial charge on any atom is -0.508 e. The summed E-state index contributed by atoms with van der Waals surface area (Å²) >= 11 is 0. The van der Waals surface area contributed by atoms with E-state index in [-0.39, 0.29) is 0 Å². The normalized spacial score (nSPS) is 14.3. The Balaban J connectivity index is 1.53. The molecule has 25 heavy (non-hydrogen) atoms. The van der Waals surface area contributed by atoms with Gasteiger partial charge in [0.15, 0.2) is 5.82 Å². The van der Waals surface area contributed by atoms with Crippen molar-refractivity contribution in [3.05, 3.63) is 77.1 Å². The smallest absolute Gasteiger partial charge is 0.159 e. The van der Waals surface area contributed by atoms with E-state index in [2.05, 4.69) is 16.0 Å². The molecule has 126 valence electrons. The lowest BCUT2D eigenvalue weighted by Crippen LogP contribution is -2.31. The molecule has 0 spiro atoms. The highest BCUT2D eigenvalue weighted by molar-refractivity contribution is 5.54. The van der Waals surface area contributed by atoms with Crippen LogP contribution >= 0.6 is 0 Å². The molecule has 0 amide bonds. The third-order valence-corrected chi connectivity index (χ3v) is 4.67. The molecule has 0 bridgehead atoms. The highest BCUT2D eigenvalue weighted by Gasteiger charge is 2.19. The summed E-state index contributed by atoms with van der Waals surface area (Å²) in [6.45, 7) is 4.55. The highest BCUT2D eigenvalue weighted by atomic mass is 16.3. The Bertz CT molecular complexity index is 893. The largest absolute Gasteiger partial charge is 0.508 e. The van der Waals surface area contributed by atoms with Crippen LogP contribution in [0.15, 0.2) is 54.7 Å². The molecule has 2 aromatic carbocycles. The van der Waals surface area contributed by atoms with Gasteiger partial charge < -0.3 is 5.11 Å². The topological polar surface area (TPSA) is 49.2 Å². The van der Waals surface area contributed by atoms with Gasteiger partial charge in [0.05, 0.1) is 5.69 Å². The van der Waals surface area contributed by atoms with Crippen LogP contribution in [0.25, 0.3) is 11.4 Å². The van der Waals surface area contributed by atoms with Crippen molar-refractivity contribution in [3.63, 3.8) is 0 Å². The summed E-state index contributed by atoms with van der Waals surface area (Å²) in [5, 5.41) is 10.1. The molecular formula is C21H21N3O. The Morgan fingerprint density at radius 1 is 1.12 bits per heavy atom. The SMILES string of the molecule is Cc1ccc(O)c(CN2CCc3nc(-c4ccccc4)ncc3C2)c1. The first kappa shape index (κ1) is 15.8. The first-order valence-corrected chi connectivity index (χ1v) is 8.60. The zero-order valence-corrected chi connectivity index (χ0v) is 14.3. The number of aryl methyl sites for hydroxylation is 1. The fourth-order valence-electron chi connectivity index (χ4n) is 3.32. The highest BCUT2D eigenvalue weighted by Crippen LogP contribution is 2.25. The zero-order valence-electron chi connectivity index (χ0n) is 14.3. The first-order valence-electron chi connectivity index (χ1n) is 8.60. The monoisotopic (exact) mass is 331 g/mol. The van der Waals surface area contributed by atoms with Gasteiger partial charge in [-0.3, -0.25) is 4.90 Å². The van der Waals surface area contributed by atoms with Crippen molar-refractivity contribution in [3.8, 4) is 17.1 Å². The van der Waals surface area contributed by atoms with Gasteiger partial charge in [-0.1, -0.05) is 48.0 Å². The minimum absolute atomic E-state index is 0.368. The second-order valence-corrected chi connectivity index (χ2v) is 6.62. The van der Waals surface area contributed by atoms with E-state index < -0.39 is 0 Å². The Morgan fingerprint density at radius 3 is 2.80 bits per heavy atom. The predicted octanol–water partition coefficient (Wildman–Crippen LogP) is 3.72. The maximum atomic E-state index is 10.1. The van der Waals surface area contributed by atoms with Crippen molar-refractivity contribution >= 4 is 0 Å². The number of rotatable bonds is 3. The fourth-order valence-corrected chi connectivity index (χ4v) is 3.32. The van der Waals surface area contributed by atoms with E-state index in [0.717, 1.165) is 48.7 Å². The first-order chi connectivity index (χ1) is 12.2. The number of phenolic OH excluding ortho intramolecular Hbond substituents is 1. The average Bonchev–Trinajstić information content (AvgIpc) is 2.65. The Labute approximate surface area is 147 Å². The maximum Gasteiger partial charge on any atom is 0.159 e. The van der Waals surface area contributed by atoms with Gasteiger partial charge >= 0.3 is 0 Å². The molecule has 4 heteroatoms. The van der Waals surface area contributed by atoms with Crippen LogP contribution in [0, 0.1) is 6.92 Å². The summed E-state index contributed by atoms with van der Waals surface area (Å²) in [6, 6.07) is 15.9. The fraction of sp³-hybridized carbons (Fsp3) is 0.238. The van der Waals surface area contributed by atoms with Gasteiger partial charge in [0, 0.05) is 48.9 Å². The lowest BCUT2D eigenvalue weighted by Gasteiger charge is -2.28. The molecular weight excluding hydrogens is 310 g/mol. The Kier molecular flexibility index (Phi) is 4.20. The Hall–Kier alpha value is -2.72. The Morgan fingerprint density at radius 2 is 1.96 bits per heavy atom. The van der Waals surface area contributed by atoms with E-state index in [0.29, 0.717) is 5.75 Å². The maximum absolute atomic E-state index is 10.1. The van der Waals surface area contributed by atoms with Crippen LogP contribution in [-0.2, 0) is 19.5 Å². The molecule has 2 heterocycles. The molecule has 0 radical (unpaired) electrons. The van der Waals surface area contributed by atoms with Crippen molar-refractivity contribution in [1.82, 2.24) is 14.9 Å². The van der Waals surface area contributed by atoms with Crippen LogP contribution < -0.4 is 0 Å². The molecule has 0 aliphatic carbocycles. The number of fused-ring (bicyclic) bond motifs is 1. The number of benzene rings is 2. The lowest BCUT2D eigenvalue weighted by atomic mass is 10.0. The van der Waals surface area contributed by atoms with E-state index in [4.69, 9.17) is 4.98 Å². The molecule has 1 aromatic heterocycles. The molecule has 0 fully saturated rings. The summed E-state index contributed by atoms with van der Waals surface area (Å²) in [5.41, 5.74) is 5.51. The molecule has 0 atom stereocenters. The third kappa shape index (κ3) is 3.39. The molecule has 0 unspecified atom stereocenters. The van der Waals surface area contributed by atoms with Gasteiger partial charge in [-0.05, 0) is 13.0 Å². The van der Waals surface area contributed by atoms with Crippen LogP contribution in [0.2, 0.25) is 0 Å². The summed E-state index contributed by atoms with van der Waals surface area (Å²) < 4.78 is 0. The number of aromatic nitrogens is 2. The third-order valence-electron chi connectivity index (χ3n) is 4.67. The second kappa shape index (κ2) is 6.65. The standard InChI is InChI=1S/C21H21N3O/c1-15-7-8-20(25)17(11-15)13-24-10-9-19-18(14-24)12-22-21(23-19)16-5-3-2-4-6-16/h2-8,11-12,25H,9-10,13-14H2,1H3. The molecule has 3 aromatic rings. The summed E-state index contributed by atoms with van der Waals surface area (Å²) in [6.07, 6.45) is 2.86. The van der Waals surface area contributed by atoms with Gasteiger partial charge in [0.2, 0.25) is 0 Å². The molecule has 1 N–H and O–H groups in total. The van der Waals surface area contributed by atoms with Gasteiger partial charge in [0.25, 0.3) is 0 Å².